The van der Waals surface area contributed by atoms with Crippen molar-refractivity contribution in [2.45, 2.75) is 26.9 Å². The van der Waals surface area contributed by atoms with Crippen LogP contribution in [0.3, 0.4) is 0 Å². The molecule has 182 valence electrons. The Labute approximate surface area is 210 Å². The molecule has 1 atom stereocenters. The lowest BCUT2D eigenvalue weighted by Gasteiger charge is -2.34. The average molecular weight is 561 g/mol. The topological polar surface area (TPSA) is 81.2 Å². The zero-order valence-electron chi connectivity index (χ0n) is 19.9. The predicted molar refractivity (Wildman–Crippen MR) is 141 cm³/mol. The van der Waals surface area contributed by atoms with Gasteiger partial charge in [-0.15, -0.1) is 24.0 Å². The molecule has 3 rings (SSSR count). The molecule has 9 nitrogen and oxygen atoms in total. The SMILES string of the molecule is CCNC(=NCC1CN(CC(C)C)CCO1)NCCN1CCN(c2ncccn2)CC1.I. The average Bonchev–Trinajstić information content (AvgIpc) is 2.78. The van der Waals surface area contributed by atoms with Crippen LogP contribution in [0.15, 0.2) is 23.5 Å². The summed E-state index contributed by atoms with van der Waals surface area (Å²) in [6.07, 6.45) is 3.79. The molecule has 10 heteroatoms. The van der Waals surface area contributed by atoms with E-state index in [4.69, 9.17) is 9.73 Å². The summed E-state index contributed by atoms with van der Waals surface area (Å²) >= 11 is 0. The van der Waals surface area contributed by atoms with Crippen molar-refractivity contribution < 1.29 is 4.74 Å². The molecule has 1 unspecified atom stereocenters. The van der Waals surface area contributed by atoms with Gasteiger partial charge >= 0.3 is 0 Å². The fraction of sp³-hybridized carbons (Fsp3) is 0.773. The van der Waals surface area contributed by atoms with Crippen LogP contribution in [0.4, 0.5) is 5.95 Å². The van der Waals surface area contributed by atoms with Crippen molar-refractivity contribution in [1.82, 2.24) is 30.4 Å². The van der Waals surface area contributed by atoms with E-state index in [1.807, 2.05) is 6.07 Å². The monoisotopic (exact) mass is 560 g/mol. The van der Waals surface area contributed by atoms with Crippen molar-refractivity contribution in [2.75, 3.05) is 83.5 Å². The van der Waals surface area contributed by atoms with Crippen LogP contribution < -0.4 is 15.5 Å². The zero-order chi connectivity index (χ0) is 21.9. The number of morpholine rings is 1. The van der Waals surface area contributed by atoms with E-state index in [-0.39, 0.29) is 30.1 Å². The van der Waals surface area contributed by atoms with Crippen LogP contribution in [0, 0.1) is 5.92 Å². The molecular weight excluding hydrogens is 519 g/mol. The van der Waals surface area contributed by atoms with E-state index < -0.39 is 0 Å². The number of hydrogen-bond acceptors (Lipinski definition) is 7. The summed E-state index contributed by atoms with van der Waals surface area (Å²) < 4.78 is 5.94. The Bertz CT molecular complexity index is 655. The van der Waals surface area contributed by atoms with Crippen LogP contribution in [0.5, 0.6) is 0 Å². The highest BCUT2D eigenvalue weighted by Gasteiger charge is 2.21. The number of rotatable bonds is 9. The number of ether oxygens (including phenoxy) is 1. The second-order valence-corrected chi connectivity index (χ2v) is 8.67. The molecule has 32 heavy (non-hydrogen) atoms. The highest BCUT2D eigenvalue weighted by molar-refractivity contribution is 14.0. The van der Waals surface area contributed by atoms with Crippen molar-refractivity contribution in [3.63, 3.8) is 0 Å². The first-order chi connectivity index (χ1) is 15.1. The fourth-order valence-corrected chi connectivity index (χ4v) is 4.07. The molecule has 2 aliphatic rings. The molecule has 0 amide bonds. The molecule has 1 aromatic rings. The first-order valence-electron chi connectivity index (χ1n) is 11.7. The van der Waals surface area contributed by atoms with Crippen LogP contribution in [0.1, 0.15) is 20.8 Å². The van der Waals surface area contributed by atoms with Gasteiger partial charge in [-0.1, -0.05) is 13.8 Å². The Morgan fingerprint density at radius 3 is 2.56 bits per heavy atom. The van der Waals surface area contributed by atoms with Gasteiger partial charge in [0.15, 0.2) is 5.96 Å². The van der Waals surface area contributed by atoms with Crippen molar-refractivity contribution >= 4 is 35.9 Å². The second kappa shape index (κ2) is 14.8. The Hall–Kier alpha value is -1.24. The lowest BCUT2D eigenvalue weighted by molar-refractivity contribution is -0.0261. The van der Waals surface area contributed by atoms with Crippen LogP contribution in [-0.4, -0.2) is 110 Å². The maximum Gasteiger partial charge on any atom is 0.225 e. The summed E-state index contributed by atoms with van der Waals surface area (Å²) in [5.41, 5.74) is 0. The Morgan fingerprint density at radius 2 is 1.88 bits per heavy atom. The molecule has 3 heterocycles. The number of piperazine rings is 1. The zero-order valence-corrected chi connectivity index (χ0v) is 22.2. The number of nitrogens with one attached hydrogen (secondary N) is 2. The normalized spacial score (nSPS) is 20.8. The van der Waals surface area contributed by atoms with Crippen LogP contribution in [0.2, 0.25) is 0 Å². The quantitative estimate of drug-likeness (QED) is 0.265. The fourth-order valence-electron chi connectivity index (χ4n) is 4.07. The molecule has 0 bridgehead atoms. The standard InChI is InChI=1S/C22H40N8O.HI/c1-4-23-21(27-16-20-18-29(14-15-31-20)17-19(2)3)24-8-9-28-10-12-30(13-11-28)22-25-6-5-7-26-22;/h5-7,19-20H,4,8-18H2,1-3H3,(H2,23,24,27);1H. The number of nitrogens with zero attached hydrogens (tertiary/aromatic N) is 6. The van der Waals surface area contributed by atoms with E-state index in [1.165, 1.54) is 0 Å². The third-order valence-electron chi connectivity index (χ3n) is 5.57. The minimum absolute atomic E-state index is 0. The number of aliphatic imine (C=N–C) groups is 1. The van der Waals surface area contributed by atoms with E-state index in [0.717, 1.165) is 84.0 Å². The van der Waals surface area contributed by atoms with Gasteiger partial charge < -0.3 is 20.3 Å². The van der Waals surface area contributed by atoms with Gasteiger partial charge in [0.25, 0.3) is 0 Å². The minimum Gasteiger partial charge on any atom is -0.374 e. The molecule has 1 aromatic heterocycles. The molecule has 0 spiro atoms. The lowest BCUT2D eigenvalue weighted by Crippen LogP contribution is -2.50. The molecule has 2 fully saturated rings. The largest absolute Gasteiger partial charge is 0.374 e. The molecule has 0 radical (unpaired) electrons. The third-order valence-corrected chi connectivity index (χ3v) is 5.57. The summed E-state index contributed by atoms with van der Waals surface area (Å²) in [5, 5.41) is 6.84. The van der Waals surface area contributed by atoms with E-state index in [9.17, 15) is 0 Å². The van der Waals surface area contributed by atoms with Crippen molar-refractivity contribution in [2.24, 2.45) is 10.9 Å². The van der Waals surface area contributed by atoms with Crippen molar-refractivity contribution in [3.8, 4) is 0 Å². The van der Waals surface area contributed by atoms with Crippen molar-refractivity contribution in [3.05, 3.63) is 18.5 Å². The predicted octanol–water partition coefficient (Wildman–Crippen LogP) is 1.13. The van der Waals surface area contributed by atoms with Gasteiger partial charge in [-0.05, 0) is 18.9 Å². The van der Waals surface area contributed by atoms with Crippen LogP contribution in [0.25, 0.3) is 0 Å². The lowest BCUT2D eigenvalue weighted by atomic mass is 10.2. The summed E-state index contributed by atoms with van der Waals surface area (Å²) in [6.45, 7) is 18.0. The van der Waals surface area contributed by atoms with Gasteiger partial charge in [0, 0.05) is 77.8 Å². The smallest absolute Gasteiger partial charge is 0.225 e. The molecule has 2 N–H and O–H groups in total. The summed E-state index contributed by atoms with van der Waals surface area (Å²) in [5.74, 6) is 2.39. The first-order valence-corrected chi connectivity index (χ1v) is 11.7. The van der Waals surface area contributed by atoms with E-state index in [2.05, 4.69) is 56.1 Å². The number of aromatic nitrogens is 2. The third kappa shape index (κ3) is 9.32. The maximum atomic E-state index is 5.94. The van der Waals surface area contributed by atoms with E-state index in [1.54, 1.807) is 12.4 Å². The summed E-state index contributed by atoms with van der Waals surface area (Å²) in [6, 6.07) is 1.86. The summed E-state index contributed by atoms with van der Waals surface area (Å²) in [7, 11) is 0. The summed E-state index contributed by atoms with van der Waals surface area (Å²) in [4.78, 5) is 20.7. The van der Waals surface area contributed by atoms with Gasteiger partial charge in [-0.3, -0.25) is 14.8 Å². The van der Waals surface area contributed by atoms with Gasteiger partial charge in [0.1, 0.15) is 0 Å². The molecule has 2 aliphatic heterocycles. The van der Waals surface area contributed by atoms with Gasteiger partial charge in [-0.2, -0.15) is 0 Å². The highest BCUT2D eigenvalue weighted by atomic mass is 127. The number of halogens is 1. The number of hydrogen-bond donors (Lipinski definition) is 2. The van der Waals surface area contributed by atoms with Crippen LogP contribution in [-0.2, 0) is 4.74 Å². The van der Waals surface area contributed by atoms with E-state index in [0.29, 0.717) is 12.5 Å². The Morgan fingerprint density at radius 1 is 1.12 bits per heavy atom. The minimum atomic E-state index is 0. The van der Waals surface area contributed by atoms with Gasteiger partial charge in [-0.25, -0.2) is 9.97 Å². The first kappa shape index (κ1) is 27.0. The van der Waals surface area contributed by atoms with Gasteiger partial charge in [0.05, 0.1) is 19.3 Å². The molecule has 0 aliphatic carbocycles. The Balaban J connectivity index is 0.00000363. The van der Waals surface area contributed by atoms with E-state index >= 15 is 0 Å². The molecular formula is C22H41IN8O. The maximum absolute atomic E-state index is 5.94. The van der Waals surface area contributed by atoms with Gasteiger partial charge in [0.2, 0.25) is 5.95 Å². The highest BCUT2D eigenvalue weighted by Crippen LogP contribution is 2.10. The molecule has 0 aromatic carbocycles. The number of anilines is 1. The van der Waals surface area contributed by atoms with Crippen molar-refractivity contribution in [1.29, 1.82) is 0 Å². The second-order valence-electron chi connectivity index (χ2n) is 8.67. The van der Waals surface area contributed by atoms with Crippen LogP contribution >= 0.6 is 24.0 Å². The number of guanidine groups is 1. The molecule has 0 saturated carbocycles. The Kier molecular flexibility index (Phi) is 12.5. The molecule has 2 saturated heterocycles.